The van der Waals surface area contributed by atoms with Gasteiger partial charge in [0, 0.05) is 13.9 Å². The Morgan fingerprint density at radius 3 is 1.16 bits per heavy atom. The highest BCUT2D eigenvalue weighted by atomic mass is 32.2. The first-order chi connectivity index (χ1) is 21.0. The van der Waals surface area contributed by atoms with Crippen molar-refractivity contribution >= 4 is 29.3 Å². The second-order valence-corrected chi connectivity index (χ2v) is 18.2. The van der Waals surface area contributed by atoms with E-state index >= 15 is 0 Å². The summed E-state index contributed by atoms with van der Waals surface area (Å²) in [5, 5.41) is 0. The van der Waals surface area contributed by atoms with Crippen LogP contribution in [0.3, 0.4) is 0 Å². The second-order valence-electron chi connectivity index (χ2n) is 12.3. The minimum Gasteiger partial charge on any atom is -0.744 e. The Labute approximate surface area is 270 Å². The van der Waals surface area contributed by atoms with Crippen LogP contribution in [-0.4, -0.2) is 64.3 Å². The summed E-state index contributed by atoms with van der Waals surface area (Å²) in [6.07, 6.45) is 31.2. The van der Waals surface area contributed by atoms with Crippen molar-refractivity contribution in [1.29, 1.82) is 0 Å². The van der Waals surface area contributed by atoms with Crippen molar-refractivity contribution in [3.63, 3.8) is 0 Å². The van der Waals surface area contributed by atoms with Crippen molar-refractivity contribution in [2.45, 2.75) is 141 Å². The van der Waals surface area contributed by atoms with Crippen LogP contribution in [0.25, 0.3) is 0 Å². The Kier molecular flexibility index (Phi) is 24.8. The van der Waals surface area contributed by atoms with Gasteiger partial charge in [-0.05, 0) is 56.7 Å². The normalized spacial score (nSPS) is 11.5. The molecular weight excluding hydrogens is 595 g/mol. The van der Waals surface area contributed by atoms with E-state index in [1.807, 2.05) is 0 Å². The van der Waals surface area contributed by atoms with Crippen LogP contribution in [0, 0.1) is 0 Å². The molecule has 7 nitrogen and oxygen atoms in total. The quantitative estimate of drug-likeness (QED) is 0.0470. The Balaban J connectivity index is 0.000000895. The molecular formula is C35H63O7PS. The van der Waals surface area contributed by atoms with Crippen molar-refractivity contribution < 1.29 is 32.0 Å². The molecule has 256 valence electrons. The number of methoxy groups -OCH3 is 2. The SMILES string of the molecule is CCCCCCCC[P+](C)(CCCCCCCC)CCCCCCCC.COC(=O)c1cc(C(=O)OC)cc(S(=O)(=O)[O-])c1. The molecule has 0 aliphatic heterocycles. The Hall–Kier alpha value is -1.50. The molecule has 0 aliphatic carbocycles. The fraction of sp³-hybridized carbons (Fsp3) is 0.771. The van der Waals surface area contributed by atoms with Gasteiger partial charge in [-0.25, -0.2) is 18.0 Å². The van der Waals surface area contributed by atoms with E-state index in [4.69, 9.17) is 0 Å². The van der Waals surface area contributed by atoms with Gasteiger partial charge >= 0.3 is 11.9 Å². The summed E-state index contributed by atoms with van der Waals surface area (Å²) < 4.78 is 41.5. The summed E-state index contributed by atoms with van der Waals surface area (Å²) in [6, 6.07) is 2.74. The lowest BCUT2D eigenvalue weighted by molar-refractivity contribution is 0.0598. The standard InChI is InChI=1S/C25H54P.C10H10O7S/c1-5-8-11-14-17-20-23-26(4,24-21-18-15-12-9-6-2)25-22-19-16-13-10-7-3;1-16-9(11)6-3-7(10(12)17-2)5-8(4-6)18(13,14)15/h5-25H2,1-4H3;3-5H,1-2H3,(H,13,14,15)/q+1;/p-1. The van der Waals surface area contributed by atoms with Crippen LogP contribution in [0.2, 0.25) is 0 Å². The molecule has 1 rings (SSSR count). The molecule has 1 aromatic rings. The topological polar surface area (TPSA) is 110 Å². The average Bonchev–Trinajstić information content (AvgIpc) is 3.01. The molecule has 0 amide bonds. The number of carbonyl (C=O) groups is 2. The molecule has 44 heavy (non-hydrogen) atoms. The zero-order chi connectivity index (χ0) is 33.3. The number of hydrogen-bond acceptors (Lipinski definition) is 7. The largest absolute Gasteiger partial charge is 0.744 e. The number of ether oxygens (including phenoxy) is 2. The highest BCUT2D eigenvalue weighted by molar-refractivity contribution is 7.85. The van der Waals surface area contributed by atoms with Crippen LogP contribution in [0.1, 0.15) is 157 Å². The molecule has 0 spiro atoms. The van der Waals surface area contributed by atoms with E-state index in [9.17, 15) is 22.6 Å². The maximum atomic E-state index is 11.3. The zero-order valence-corrected chi connectivity index (χ0v) is 30.5. The molecule has 0 saturated carbocycles. The summed E-state index contributed by atoms with van der Waals surface area (Å²) in [5.74, 6) is -1.74. The van der Waals surface area contributed by atoms with Gasteiger partial charge in [0.2, 0.25) is 0 Å². The number of rotatable bonds is 24. The van der Waals surface area contributed by atoms with Gasteiger partial charge in [0.15, 0.2) is 0 Å². The maximum Gasteiger partial charge on any atom is 0.337 e. The van der Waals surface area contributed by atoms with E-state index in [0.717, 1.165) is 32.4 Å². The molecule has 0 atom stereocenters. The molecule has 0 heterocycles. The van der Waals surface area contributed by atoms with Crippen molar-refractivity contribution in [2.75, 3.05) is 39.4 Å². The molecule has 0 bridgehead atoms. The number of unbranched alkanes of at least 4 members (excludes halogenated alkanes) is 15. The third kappa shape index (κ3) is 20.5. The molecule has 9 heteroatoms. The van der Waals surface area contributed by atoms with Crippen molar-refractivity contribution in [3.05, 3.63) is 29.3 Å². The minimum atomic E-state index is -4.80. The molecule has 0 N–H and O–H groups in total. The summed E-state index contributed by atoms with van der Waals surface area (Å²) >= 11 is 0. The molecule has 0 fully saturated rings. The van der Waals surface area contributed by atoms with Crippen LogP contribution in [-0.2, 0) is 19.6 Å². The smallest absolute Gasteiger partial charge is 0.337 e. The Morgan fingerprint density at radius 2 is 0.886 bits per heavy atom. The first kappa shape index (κ1) is 42.5. The van der Waals surface area contributed by atoms with Crippen LogP contribution in [0.5, 0.6) is 0 Å². The number of esters is 2. The molecule has 0 unspecified atom stereocenters. The molecule has 1 aromatic carbocycles. The van der Waals surface area contributed by atoms with Gasteiger partial charge in [0.1, 0.15) is 10.1 Å². The lowest BCUT2D eigenvalue weighted by Crippen LogP contribution is -2.10. The Bertz CT molecular complexity index is 935. The van der Waals surface area contributed by atoms with Gasteiger partial charge in [-0.15, -0.1) is 0 Å². The van der Waals surface area contributed by atoms with Crippen LogP contribution in [0.4, 0.5) is 0 Å². The summed E-state index contributed by atoms with van der Waals surface area (Å²) in [5.41, 5.74) is -0.454. The first-order valence-corrected chi connectivity index (χ1v) is 21.3. The van der Waals surface area contributed by atoms with Gasteiger partial charge in [-0.3, -0.25) is 0 Å². The fourth-order valence-corrected chi connectivity index (χ4v) is 9.55. The zero-order valence-electron chi connectivity index (χ0n) is 28.8. The number of hydrogen-bond donors (Lipinski definition) is 0. The van der Waals surface area contributed by atoms with Crippen molar-refractivity contribution in [2.24, 2.45) is 0 Å². The van der Waals surface area contributed by atoms with Gasteiger partial charge in [-0.1, -0.05) is 97.8 Å². The number of benzene rings is 1. The van der Waals surface area contributed by atoms with Crippen molar-refractivity contribution in [1.82, 2.24) is 0 Å². The highest BCUT2D eigenvalue weighted by Crippen LogP contribution is 2.57. The maximum absolute atomic E-state index is 11.3. The van der Waals surface area contributed by atoms with Gasteiger partial charge < -0.3 is 14.0 Å². The van der Waals surface area contributed by atoms with E-state index < -0.39 is 34.2 Å². The van der Waals surface area contributed by atoms with Crippen molar-refractivity contribution in [3.8, 4) is 0 Å². The molecule has 0 saturated heterocycles. The van der Waals surface area contributed by atoms with Crippen LogP contribution < -0.4 is 0 Å². The van der Waals surface area contributed by atoms with E-state index in [1.54, 1.807) is 18.5 Å². The van der Waals surface area contributed by atoms with Gasteiger partial charge in [0.05, 0.1) is 48.7 Å². The first-order valence-electron chi connectivity index (χ1n) is 17.1. The lowest BCUT2D eigenvalue weighted by atomic mass is 10.1. The van der Waals surface area contributed by atoms with E-state index in [0.29, 0.717) is 0 Å². The molecule has 0 aromatic heterocycles. The fourth-order valence-electron chi connectivity index (χ4n) is 5.37. The van der Waals surface area contributed by atoms with Gasteiger partial charge in [-0.2, -0.15) is 0 Å². The Morgan fingerprint density at radius 1 is 0.591 bits per heavy atom. The second kappa shape index (κ2) is 25.7. The third-order valence-electron chi connectivity index (χ3n) is 8.19. The average molecular weight is 659 g/mol. The van der Waals surface area contributed by atoms with Crippen LogP contribution in [0.15, 0.2) is 23.1 Å². The lowest BCUT2D eigenvalue weighted by Gasteiger charge is -2.24. The predicted molar refractivity (Wildman–Crippen MR) is 185 cm³/mol. The van der Waals surface area contributed by atoms with Gasteiger partial charge in [0.25, 0.3) is 0 Å². The molecule has 0 radical (unpaired) electrons. The summed E-state index contributed by atoms with van der Waals surface area (Å²) in [6.45, 7) is 9.70. The van der Waals surface area contributed by atoms with E-state index in [1.165, 1.54) is 116 Å². The highest BCUT2D eigenvalue weighted by Gasteiger charge is 2.29. The summed E-state index contributed by atoms with van der Waals surface area (Å²) in [4.78, 5) is 21.9. The van der Waals surface area contributed by atoms with Crippen LogP contribution >= 0.6 is 7.26 Å². The minimum absolute atomic E-state index is 0.227. The third-order valence-corrected chi connectivity index (χ3v) is 13.2. The van der Waals surface area contributed by atoms with E-state index in [2.05, 4.69) is 36.9 Å². The summed E-state index contributed by atoms with van der Waals surface area (Å²) in [7, 11) is -3.27. The predicted octanol–water partition coefficient (Wildman–Crippen LogP) is 9.88. The number of carbonyl (C=O) groups excluding carboxylic acids is 2. The monoisotopic (exact) mass is 658 g/mol. The van der Waals surface area contributed by atoms with E-state index in [-0.39, 0.29) is 11.1 Å². The molecule has 0 aliphatic rings.